The maximum atomic E-state index is 8.75. The lowest BCUT2D eigenvalue weighted by atomic mass is 10.1. The number of hydrogen-bond donors (Lipinski definition) is 0. The van der Waals surface area contributed by atoms with Gasteiger partial charge in [0.2, 0.25) is 0 Å². The van der Waals surface area contributed by atoms with Crippen LogP contribution in [-0.2, 0) is 0 Å². The molecule has 3 aromatic rings. The first-order valence-electron chi connectivity index (χ1n) is 5.35. The zero-order chi connectivity index (χ0) is 12.4. The second-order valence-electron chi connectivity index (χ2n) is 3.74. The lowest BCUT2D eigenvalue weighted by molar-refractivity contribution is 0.568. The first-order valence-corrected chi connectivity index (χ1v) is 6.23. The van der Waals surface area contributed by atoms with Crippen molar-refractivity contribution in [2.45, 2.75) is 0 Å². The Kier molecular flexibility index (Phi) is 2.67. The maximum absolute atomic E-state index is 8.75. The number of benzene rings is 1. The van der Waals surface area contributed by atoms with Gasteiger partial charge in [0.15, 0.2) is 0 Å². The molecule has 0 saturated carbocycles. The maximum Gasteiger partial charge on any atom is 0.127 e. The molecule has 1 aromatic carbocycles. The quantitative estimate of drug-likeness (QED) is 0.694. The van der Waals surface area contributed by atoms with E-state index in [4.69, 9.17) is 9.68 Å². The van der Waals surface area contributed by atoms with Crippen molar-refractivity contribution < 1.29 is 4.42 Å². The molecule has 0 radical (unpaired) electrons. The van der Waals surface area contributed by atoms with Gasteiger partial charge >= 0.3 is 0 Å². The van der Waals surface area contributed by atoms with Crippen molar-refractivity contribution in [2.75, 3.05) is 0 Å². The summed E-state index contributed by atoms with van der Waals surface area (Å²) in [4.78, 5) is 4.55. The number of hydrogen-bond acceptors (Lipinski definition) is 4. The van der Waals surface area contributed by atoms with Crippen molar-refractivity contribution in [3.05, 3.63) is 53.8 Å². The summed E-state index contributed by atoms with van der Waals surface area (Å²) in [5.41, 5.74) is 3.57. The van der Waals surface area contributed by atoms with Gasteiger partial charge in [0.25, 0.3) is 0 Å². The molecule has 0 amide bonds. The standard InChI is InChI=1S/C14H8N2OS/c15-7-10-1-3-11(4-2-10)13-9-18-14(16-13)12-5-6-17-8-12/h1-6,8-9H. The monoisotopic (exact) mass is 252 g/mol. The Morgan fingerprint density at radius 1 is 1.11 bits per heavy atom. The first kappa shape index (κ1) is 10.8. The molecule has 0 unspecified atom stereocenters. The normalized spacial score (nSPS) is 10.2. The van der Waals surface area contributed by atoms with Gasteiger partial charge < -0.3 is 4.42 Å². The molecule has 3 nitrogen and oxygen atoms in total. The summed E-state index contributed by atoms with van der Waals surface area (Å²) in [6.07, 6.45) is 3.32. The van der Waals surface area contributed by atoms with E-state index in [1.165, 1.54) is 0 Å². The van der Waals surface area contributed by atoms with E-state index in [0.717, 1.165) is 21.8 Å². The second-order valence-corrected chi connectivity index (χ2v) is 4.60. The molecule has 0 atom stereocenters. The molecule has 0 aliphatic rings. The van der Waals surface area contributed by atoms with Gasteiger partial charge in [-0.15, -0.1) is 11.3 Å². The average molecular weight is 252 g/mol. The third kappa shape index (κ3) is 1.92. The van der Waals surface area contributed by atoms with Gasteiger partial charge in [-0.3, -0.25) is 0 Å². The summed E-state index contributed by atoms with van der Waals surface area (Å²) in [6, 6.07) is 11.4. The number of rotatable bonds is 2. The van der Waals surface area contributed by atoms with Gasteiger partial charge in [-0.1, -0.05) is 12.1 Å². The highest BCUT2D eigenvalue weighted by atomic mass is 32.1. The molecule has 0 aliphatic heterocycles. The lowest BCUT2D eigenvalue weighted by Gasteiger charge is -1.95. The van der Waals surface area contributed by atoms with Crippen LogP contribution in [-0.4, -0.2) is 4.98 Å². The molecule has 3 rings (SSSR count). The summed E-state index contributed by atoms with van der Waals surface area (Å²) >= 11 is 1.58. The molecule has 2 aromatic heterocycles. The van der Waals surface area contributed by atoms with Crippen molar-refractivity contribution in [1.82, 2.24) is 4.98 Å². The van der Waals surface area contributed by atoms with E-state index in [0.29, 0.717) is 5.56 Å². The molecule has 4 heteroatoms. The Morgan fingerprint density at radius 3 is 2.61 bits per heavy atom. The number of furan rings is 1. The van der Waals surface area contributed by atoms with Gasteiger partial charge in [-0.25, -0.2) is 4.98 Å². The van der Waals surface area contributed by atoms with Crippen LogP contribution in [0.3, 0.4) is 0 Å². The summed E-state index contributed by atoms with van der Waals surface area (Å²) < 4.78 is 5.04. The van der Waals surface area contributed by atoms with Crippen LogP contribution in [0.4, 0.5) is 0 Å². The molecular formula is C14H8N2OS. The van der Waals surface area contributed by atoms with E-state index in [1.54, 1.807) is 36.0 Å². The van der Waals surface area contributed by atoms with Gasteiger partial charge in [0.1, 0.15) is 11.3 Å². The molecule has 0 N–H and O–H groups in total. The fourth-order valence-electron chi connectivity index (χ4n) is 1.64. The Labute approximate surface area is 108 Å². The van der Waals surface area contributed by atoms with Crippen LogP contribution in [0.1, 0.15) is 5.56 Å². The minimum absolute atomic E-state index is 0.657. The summed E-state index contributed by atoms with van der Waals surface area (Å²) in [5, 5.41) is 11.7. The highest BCUT2D eigenvalue weighted by Crippen LogP contribution is 2.29. The number of nitrogens with zero attached hydrogens (tertiary/aromatic N) is 2. The van der Waals surface area contributed by atoms with Gasteiger partial charge in [0, 0.05) is 16.5 Å². The smallest absolute Gasteiger partial charge is 0.127 e. The van der Waals surface area contributed by atoms with Crippen molar-refractivity contribution >= 4 is 11.3 Å². The SMILES string of the molecule is N#Cc1ccc(-c2csc(-c3ccoc3)n2)cc1. The second kappa shape index (κ2) is 4.47. The van der Waals surface area contributed by atoms with Crippen LogP contribution >= 0.6 is 11.3 Å². The number of aromatic nitrogens is 1. The van der Waals surface area contributed by atoms with Gasteiger partial charge in [-0.2, -0.15) is 5.26 Å². The highest BCUT2D eigenvalue weighted by Gasteiger charge is 2.07. The molecular weight excluding hydrogens is 244 g/mol. The summed E-state index contributed by atoms with van der Waals surface area (Å²) in [5.74, 6) is 0. The molecule has 0 saturated heterocycles. The van der Waals surface area contributed by atoms with E-state index < -0.39 is 0 Å². The molecule has 0 spiro atoms. The number of thiazole rings is 1. The van der Waals surface area contributed by atoms with E-state index in [2.05, 4.69) is 11.1 Å². The van der Waals surface area contributed by atoms with Crippen molar-refractivity contribution in [3.63, 3.8) is 0 Å². The van der Waals surface area contributed by atoms with Gasteiger partial charge in [0.05, 0.1) is 23.6 Å². The molecule has 0 aliphatic carbocycles. The summed E-state index contributed by atoms with van der Waals surface area (Å²) in [6.45, 7) is 0. The van der Waals surface area contributed by atoms with Crippen LogP contribution < -0.4 is 0 Å². The molecule has 0 fully saturated rings. The fourth-order valence-corrected chi connectivity index (χ4v) is 2.46. The third-order valence-electron chi connectivity index (χ3n) is 2.58. The van der Waals surface area contributed by atoms with Crippen LogP contribution in [0.15, 0.2) is 52.7 Å². The largest absolute Gasteiger partial charge is 0.472 e. The van der Waals surface area contributed by atoms with Crippen LogP contribution in [0.5, 0.6) is 0 Å². The fraction of sp³-hybridized carbons (Fsp3) is 0. The van der Waals surface area contributed by atoms with Crippen molar-refractivity contribution in [3.8, 4) is 27.9 Å². The molecule has 86 valence electrons. The molecule has 18 heavy (non-hydrogen) atoms. The van der Waals surface area contributed by atoms with Crippen LogP contribution in [0, 0.1) is 11.3 Å². The lowest BCUT2D eigenvalue weighted by Crippen LogP contribution is -1.79. The van der Waals surface area contributed by atoms with Crippen molar-refractivity contribution in [1.29, 1.82) is 5.26 Å². The Bertz CT molecular complexity index is 690. The topological polar surface area (TPSA) is 49.8 Å². The van der Waals surface area contributed by atoms with E-state index in [1.807, 2.05) is 23.6 Å². The van der Waals surface area contributed by atoms with Crippen LogP contribution in [0.25, 0.3) is 21.8 Å². The predicted molar refractivity (Wildman–Crippen MR) is 70.0 cm³/mol. The van der Waals surface area contributed by atoms with Crippen LogP contribution in [0.2, 0.25) is 0 Å². The Hall–Kier alpha value is -2.38. The Morgan fingerprint density at radius 2 is 1.94 bits per heavy atom. The summed E-state index contributed by atoms with van der Waals surface area (Å²) in [7, 11) is 0. The zero-order valence-electron chi connectivity index (χ0n) is 9.33. The highest BCUT2D eigenvalue weighted by molar-refractivity contribution is 7.13. The van der Waals surface area contributed by atoms with Gasteiger partial charge in [-0.05, 0) is 18.2 Å². The zero-order valence-corrected chi connectivity index (χ0v) is 10.1. The minimum atomic E-state index is 0.657. The average Bonchev–Trinajstić information content (AvgIpc) is 3.09. The number of nitriles is 1. The minimum Gasteiger partial charge on any atom is -0.472 e. The first-order chi connectivity index (χ1) is 8.86. The Balaban J connectivity index is 1.95. The van der Waals surface area contributed by atoms with E-state index >= 15 is 0 Å². The molecule has 2 heterocycles. The molecule has 0 bridgehead atoms. The van der Waals surface area contributed by atoms with E-state index in [-0.39, 0.29) is 0 Å². The predicted octanol–water partition coefficient (Wildman–Crippen LogP) is 3.94. The van der Waals surface area contributed by atoms with E-state index in [9.17, 15) is 0 Å². The third-order valence-corrected chi connectivity index (χ3v) is 3.47. The van der Waals surface area contributed by atoms with Crippen molar-refractivity contribution in [2.24, 2.45) is 0 Å².